The van der Waals surface area contributed by atoms with Crippen molar-refractivity contribution in [2.45, 2.75) is 19.0 Å². The van der Waals surface area contributed by atoms with Gasteiger partial charge in [0, 0.05) is 44.9 Å². The number of rotatable bonds is 4. The van der Waals surface area contributed by atoms with Crippen molar-refractivity contribution in [2.24, 2.45) is 0 Å². The van der Waals surface area contributed by atoms with Gasteiger partial charge >= 0.3 is 0 Å². The molecule has 1 aliphatic heterocycles. The van der Waals surface area contributed by atoms with Gasteiger partial charge in [-0.25, -0.2) is 4.98 Å². The number of hydrogen-bond acceptors (Lipinski definition) is 6. The minimum Gasteiger partial charge on any atom is -0.353 e. The van der Waals surface area contributed by atoms with E-state index in [1.165, 1.54) is 11.5 Å². The molecule has 2 aromatic heterocycles. The summed E-state index contributed by atoms with van der Waals surface area (Å²) in [6.45, 7) is 2.90. The highest BCUT2D eigenvalue weighted by atomic mass is 79.9. The van der Waals surface area contributed by atoms with E-state index in [0.29, 0.717) is 6.04 Å². The molecule has 2 aromatic rings. The highest BCUT2D eigenvalue weighted by Crippen LogP contribution is 2.24. The zero-order valence-corrected chi connectivity index (χ0v) is 13.9. The Morgan fingerprint density at radius 3 is 3.00 bits per heavy atom. The van der Waals surface area contributed by atoms with Gasteiger partial charge in [0.15, 0.2) is 5.82 Å². The molecule has 0 aromatic carbocycles. The van der Waals surface area contributed by atoms with Crippen molar-refractivity contribution in [2.75, 3.05) is 32.1 Å². The van der Waals surface area contributed by atoms with E-state index in [9.17, 15) is 0 Å². The normalized spacial score (nSPS) is 19.6. The van der Waals surface area contributed by atoms with Gasteiger partial charge in [-0.3, -0.25) is 9.58 Å². The number of halogens is 1. The van der Waals surface area contributed by atoms with E-state index in [0.717, 1.165) is 41.5 Å². The van der Waals surface area contributed by atoms with E-state index in [-0.39, 0.29) is 0 Å². The summed E-state index contributed by atoms with van der Waals surface area (Å²) in [5, 5.41) is 5.34. The maximum atomic E-state index is 4.54. The molecule has 1 saturated heterocycles. The first-order chi connectivity index (χ1) is 9.61. The van der Waals surface area contributed by atoms with E-state index in [1.54, 1.807) is 0 Å². The summed E-state index contributed by atoms with van der Waals surface area (Å²) in [6, 6.07) is 0.452. The van der Waals surface area contributed by atoms with Crippen molar-refractivity contribution in [3.63, 3.8) is 0 Å². The zero-order chi connectivity index (χ0) is 14.1. The Labute approximate surface area is 130 Å². The summed E-state index contributed by atoms with van der Waals surface area (Å²) in [5.41, 5.74) is 0. The highest BCUT2D eigenvalue weighted by molar-refractivity contribution is 9.10. The van der Waals surface area contributed by atoms with Crippen LogP contribution in [-0.4, -0.2) is 51.2 Å². The predicted molar refractivity (Wildman–Crippen MR) is 83.1 cm³/mol. The molecule has 0 bridgehead atoms. The standard InChI is InChI=1S/C12H17BrN6S/c1-17(2)12-15-11(16-20-12)8-18-4-3-10(7-18)19-6-9(13)5-14-19/h5-6,10H,3-4,7-8H2,1-2H3. The lowest BCUT2D eigenvalue weighted by atomic mass is 10.3. The van der Waals surface area contributed by atoms with Gasteiger partial charge in [0.2, 0.25) is 5.13 Å². The first kappa shape index (κ1) is 14.0. The molecule has 0 radical (unpaired) electrons. The van der Waals surface area contributed by atoms with Gasteiger partial charge in [-0.05, 0) is 22.4 Å². The first-order valence-corrected chi connectivity index (χ1v) is 8.10. The van der Waals surface area contributed by atoms with Crippen LogP contribution in [0.25, 0.3) is 0 Å². The summed E-state index contributed by atoms with van der Waals surface area (Å²) in [7, 11) is 3.98. The Hall–Kier alpha value is -0.990. The van der Waals surface area contributed by atoms with Crippen molar-refractivity contribution in [3.05, 3.63) is 22.7 Å². The van der Waals surface area contributed by atoms with Gasteiger partial charge in [0.05, 0.1) is 23.3 Å². The van der Waals surface area contributed by atoms with Gasteiger partial charge in [-0.1, -0.05) is 0 Å². The van der Waals surface area contributed by atoms with Crippen LogP contribution in [0.4, 0.5) is 5.13 Å². The van der Waals surface area contributed by atoms with Crippen LogP contribution in [0.1, 0.15) is 18.3 Å². The molecule has 0 N–H and O–H groups in total. The fourth-order valence-corrected chi connectivity index (χ4v) is 3.27. The maximum Gasteiger partial charge on any atom is 0.204 e. The van der Waals surface area contributed by atoms with E-state index >= 15 is 0 Å². The van der Waals surface area contributed by atoms with Crippen LogP contribution >= 0.6 is 27.5 Å². The molecule has 20 heavy (non-hydrogen) atoms. The molecule has 0 spiro atoms. The van der Waals surface area contributed by atoms with Gasteiger partial charge in [0.1, 0.15) is 0 Å². The quantitative estimate of drug-likeness (QED) is 0.838. The second-order valence-electron chi connectivity index (χ2n) is 5.20. The van der Waals surface area contributed by atoms with E-state index in [1.807, 2.05) is 36.1 Å². The number of hydrogen-bond donors (Lipinski definition) is 0. The Balaban J connectivity index is 1.59. The number of aromatic nitrogens is 4. The molecule has 1 aliphatic rings. The third-order valence-corrected chi connectivity index (χ3v) is 4.73. The molecule has 8 heteroatoms. The highest BCUT2D eigenvalue weighted by Gasteiger charge is 2.25. The van der Waals surface area contributed by atoms with E-state index in [4.69, 9.17) is 0 Å². The fraction of sp³-hybridized carbons (Fsp3) is 0.583. The van der Waals surface area contributed by atoms with Crippen LogP contribution in [0.5, 0.6) is 0 Å². The van der Waals surface area contributed by atoms with Crippen LogP contribution in [0, 0.1) is 0 Å². The third kappa shape index (κ3) is 3.02. The predicted octanol–water partition coefficient (Wildman–Crippen LogP) is 2.01. The largest absolute Gasteiger partial charge is 0.353 e. The minimum absolute atomic E-state index is 0.452. The van der Waals surface area contributed by atoms with Crippen molar-refractivity contribution in [3.8, 4) is 0 Å². The fourth-order valence-electron chi connectivity index (χ4n) is 2.38. The number of anilines is 1. The minimum atomic E-state index is 0.452. The zero-order valence-electron chi connectivity index (χ0n) is 11.5. The Bertz CT molecular complexity index is 580. The molecular formula is C12H17BrN6S. The number of nitrogens with zero attached hydrogens (tertiary/aromatic N) is 6. The molecule has 0 amide bonds. The van der Waals surface area contributed by atoms with Crippen LogP contribution in [-0.2, 0) is 6.54 Å². The van der Waals surface area contributed by atoms with Crippen molar-refractivity contribution in [1.82, 2.24) is 24.0 Å². The Morgan fingerprint density at radius 1 is 1.50 bits per heavy atom. The summed E-state index contributed by atoms with van der Waals surface area (Å²) in [6.07, 6.45) is 5.01. The average Bonchev–Trinajstić information content (AvgIpc) is 3.09. The summed E-state index contributed by atoms with van der Waals surface area (Å²) in [5.74, 6) is 0.918. The lowest BCUT2D eigenvalue weighted by molar-refractivity contribution is 0.305. The van der Waals surface area contributed by atoms with Gasteiger partial charge in [-0.2, -0.15) is 9.47 Å². The van der Waals surface area contributed by atoms with E-state index < -0.39 is 0 Å². The van der Waals surface area contributed by atoms with Gasteiger partial charge in [-0.15, -0.1) is 0 Å². The lowest BCUT2D eigenvalue weighted by Gasteiger charge is -2.14. The van der Waals surface area contributed by atoms with Gasteiger partial charge in [0.25, 0.3) is 0 Å². The first-order valence-electron chi connectivity index (χ1n) is 6.54. The van der Waals surface area contributed by atoms with Gasteiger partial charge < -0.3 is 4.90 Å². The average molecular weight is 357 g/mol. The second kappa shape index (κ2) is 5.79. The van der Waals surface area contributed by atoms with Crippen LogP contribution in [0.15, 0.2) is 16.9 Å². The van der Waals surface area contributed by atoms with Crippen LogP contribution in [0.2, 0.25) is 0 Å². The molecule has 6 nitrogen and oxygen atoms in total. The van der Waals surface area contributed by atoms with E-state index in [2.05, 4.69) is 35.3 Å². The Morgan fingerprint density at radius 2 is 2.35 bits per heavy atom. The lowest BCUT2D eigenvalue weighted by Crippen LogP contribution is -2.22. The maximum absolute atomic E-state index is 4.54. The third-order valence-electron chi connectivity index (χ3n) is 3.40. The molecular weight excluding hydrogens is 340 g/mol. The molecule has 1 atom stereocenters. The summed E-state index contributed by atoms with van der Waals surface area (Å²) in [4.78, 5) is 8.92. The second-order valence-corrected chi connectivity index (χ2v) is 6.85. The van der Waals surface area contributed by atoms with Crippen LogP contribution < -0.4 is 4.90 Å². The molecule has 0 aliphatic carbocycles. The smallest absolute Gasteiger partial charge is 0.204 e. The summed E-state index contributed by atoms with van der Waals surface area (Å²) < 4.78 is 7.50. The molecule has 108 valence electrons. The molecule has 0 saturated carbocycles. The molecule has 1 fully saturated rings. The number of likely N-dealkylation sites (tertiary alicyclic amines) is 1. The SMILES string of the molecule is CN(C)c1nc(CN2CCC(n3cc(Br)cn3)C2)ns1. The van der Waals surface area contributed by atoms with Crippen LogP contribution in [0.3, 0.4) is 0 Å². The monoisotopic (exact) mass is 356 g/mol. The molecule has 3 rings (SSSR count). The topological polar surface area (TPSA) is 50.1 Å². The van der Waals surface area contributed by atoms with Crippen molar-refractivity contribution in [1.29, 1.82) is 0 Å². The Kier molecular flexibility index (Phi) is 4.04. The van der Waals surface area contributed by atoms with Crippen molar-refractivity contribution < 1.29 is 0 Å². The molecule has 3 heterocycles. The van der Waals surface area contributed by atoms with Crippen molar-refractivity contribution >= 4 is 32.6 Å². The summed E-state index contributed by atoms with van der Waals surface area (Å²) >= 11 is 4.90. The molecule has 1 unspecified atom stereocenters.